The largest absolute Gasteiger partial charge is 0.383 e. The SMILES string of the molecule is COCCNCc1nc2sc(C(C)C)cc2c(=O)[nH]1. The number of aromatic nitrogens is 2. The van der Waals surface area contributed by atoms with Gasteiger partial charge in [0.25, 0.3) is 5.56 Å². The smallest absolute Gasteiger partial charge is 0.259 e. The van der Waals surface area contributed by atoms with Crippen LogP contribution in [0.2, 0.25) is 0 Å². The molecule has 19 heavy (non-hydrogen) atoms. The summed E-state index contributed by atoms with van der Waals surface area (Å²) >= 11 is 1.59. The molecule has 0 aliphatic heterocycles. The minimum Gasteiger partial charge on any atom is -0.383 e. The van der Waals surface area contributed by atoms with Gasteiger partial charge in [-0.2, -0.15) is 0 Å². The van der Waals surface area contributed by atoms with Crippen LogP contribution in [0, 0.1) is 0 Å². The minimum absolute atomic E-state index is 0.0586. The molecule has 0 aliphatic carbocycles. The topological polar surface area (TPSA) is 67.0 Å². The van der Waals surface area contributed by atoms with Crippen molar-refractivity contribution >= 4 is 21.6 Å². The van der Waals surface area contributed by atoms with Crippen LogP contribution in [0.5, 0.6) is 0 Å². The summed E-state index contributed by atoms with van der Waals surface area (Å²) in [6.45, 7) is 6.16. The number of nitrogens with one attached hydrogen (secondary N) is 2. The van der Waals surface area contributed by atoms with Crippen LogP contribution in [0.1, 0.15) is 30.5 Å². The minimum atomic E-state index is -0.0586. The molecule has 0 bridgehead atoms. The van der Waals surface area contributed by atoms with Crippen molar-refractivity contribution in [2.24, 2.45) is 0 Å². The molecule has 0 amide bonds. The van der Waals surface area contributed by atoms with Crippen LogP contribution in [0.4, 0.5) is 0 Å². The number of methoxy groups -OCH3 is 1. The molecule has 0 spiro atoms. The molecule has 2 rings (SSSR count). The van der Waals surface area contributed by atoms with Gasteiger partial charge in [-0.3, -0.25) is 4.79 Å². The molecule has 5 nitrogen and oxygen atoms in total. The molecule has 2 heterocycles. The number of hydrogen-bond acceptors (Lipinski definition) is 5. The Kier molecular flexibility index (Phi) is 4.68. The van der Waals surface area contributed by atoms with E-state index in [1.165, 1.54) is 4.88 Å². The van der Waals surface area contributed by atoms with E-state index in [9.17, 15) is 4.79 Å². The van der Waals surface area contributed by atoms with E-state index in [1.807, 2.05) is 6.07 Å². The van der Waals surface area contributed by atoms with Crippen LogP contribution in [-0.2, 0) is 11.3 Å². The van der Waals surface area contributed by atoms with Gasteiger partial charge in [-0.15, -0.1) is 11.3 Å². The van der Waals surface area contributed by atoms with Gasteiger partial charge in [-0.1, -0.05) is 13.8 Å². The Labute approximate surface area is 116 Å². The van der Waals surface area contributed by atoms with Crippen LogP contribution >= 0.6 is 11.3 Å². The van der Waals surface area contributed by atoms with E-state index < -0.39 is 0 Å². The maximum Gasteiger partial charge on any atom is 0.259 e. The van der Waals surface area contributed by atoms with E-state index in [2.05, 4.69) is 29.1 Å². The third-order valence-electron chi connectivity index (χ3n) is 2.81. The van der Waals surface area contributed by atoms with E-state index >= 15 is 0 Å². The summed E-state index contributed by atoms with van der Waals surface area (Å²) in [4.78, 5) is 21.3. The highest BCUT2D eigenvalue weighted by atomic mass is 32.1. The lowest BCUT2D eigenvalue weighted by atomic mass is 10.2. The van der Waals surface area contributed by atoms with E-state index in [-0.39, 0.29) is 5.56 Å². The first-order valence-electron chi connectivity index (χ1n) is 6.34. The Morgan fingerprint density at radius 1 is 1.53 bits per heavy atom. The van der Waals surface area contributed by atoms with Crippen molar-refractivity contribution in [3.05, 3.63) is 27.1 Å². The highest BCUT2D eigenvalue weighted by molar-refractivity contribution is 7.18. The third kappa shape index (κ3) is 3.40. The molecule has 2 N–H and O–H groups in total. The predicted molar refractivity (Wildman–Crippen MR) is 77.9 cm³/mol. The molecule has 2 aromatic heterocycles. The molecule has 0 fully saturated rings. The van der Waals surface area contributed by atoms with Crippen molar-refractivity contribution in [1.82, 2.24) is 15.3 Å². The maximum atomic E-state index is 12.0. The van der Waals surface area contributed by atoms with Gasteiger partial charge < -0.3 is 15.0 Å². The number of fused-ring (bicyclic) bond motifs is 1. The summed E-state index contributed by atoms with van der Waals surface area (Å²) in [6, 6.07) is 1.94. The molecule has 0 aromatic carbocycles. The lowest BCUT2D eigenvalue weighted by Crippen LogP contribution is -2.22. The Hall–Kier alpha value is -1.24. The maximum absolute atomic E-state index is 12.0. The lowest BCUT2D eigenvalue weighted by molar-refractivity contribution is 0.199. The van der Waals surface area contributed by atoms with Crippen LogP contribution in [0.3, 0.4) is 0 Å². The zero-order valence-electron chi connectivity index (χ0n) is 11.4. The van der Waals surface area contributed by atoms with Crippen LogP contribution in [-0.4, -0.2) is 30.2 Å². The summed E-state index contributed by atoms with van der Waals surface area (Å²) < 4.78 is 4.95. The third-order valence-corrected chi connectivity index (χ3v) is 4.14. The van der Waals surface area contributed by atoms with Crippen molar-refractivity contribution in [3.8, 4) is 0 Å². The summed E-state index contributed by atoms with van der Waals surface area (Å²) in [5.74, 6) is 1.09. The van der Waals surface area contributed by atoms with Crippen molar-refractivity contribution in [1.29, 1.82) is 0 Å². The van der Waals surface area contributed by atoms with Gasteiger partial charge in [0, 0.05) is 18.5 Å². The van der Waals surface area contributed by atoms with Crippen molar-refractivity contribution in [2.45, 2.75) is 26.3 Å². The highest BCUT2D eigenvalue weighted by Gasteiger charge is 2.10. The summed E-state index contributed by atoms with van der Waals surface area (Å²) in [6.07, 6.45) is 0. The molecule has 6 heteroatoms. The Morgan fingerprint density at radius 2 is 2.32 bits per heavy atom. The number of aromatic amines is 1. The molecule has 0 saturated heterocycles. The van der Waals surface area contributed by atoms with Crippen LogP contribution < -0.4 is 10.9 Å². The number of H-pyrrole nitrogens is 1. The van der Waals surface area contributed by atoms with E-state index in [0.29, 0.717) is 30.3 Å². The van der Waals surface area contributed by atoms with Gasteiger partial charge in [-0.05, 0) is 12.0 Å². The van der Waals surface area contributed by atoms with Crippen molar-refractivity contribution in [3.63, 3.8) is 0 Å². The second kappa shape index (κ2) is 6.27. The Morgan fingerprint density at radius 3 is 3.00 bits per heavy atom. The molecule has 0 unspecified atom stereocenters. The second-order valence-corrected chi connectivity index (χ2v) is 5.77. The quantitative estimate of drug-likeness (QED) is 0.793. The molecule has 2 aromatic rings. The van der Waals surface area contributed by atoms with Gasteiger partial charge in [0.05, 0.1) is 18.5 Å². The average molecular weight is 281 g/mol. The summed E-state index contributed by atoms with van der Waals surface area (Å²) in [7, 11) is 1.66. The van der Waals surface area contributed by atoms with E-state index in [1.54, 1.807) is 18.4 Å². The number of nitrogens with zero attached hydrogens (tertiary/aromatic N) is 1. The standard InChI is InChI=1S/C13H19N3O2S/c1-8(2)10-6-9-12(17)15-11(16-13(9)19-10)7-14-4-5-18-3/h6,8,14H,4-5,7H2,1-3H3,(H,15,16,17). The first-order chi connectivity index (χ1) is 9.11. The number of rotatable bonds is 6. The van der Waals surface area contributed by atoms with Gasteiger partial charge in [0.1, 0.15) is 10.7 Å². The van der Waals surface area contributed by atoms with Crippen LogP contribution in [0.25, 0.3) is 10.2 Å². The van der Waals surface area contributed by atoms with Gasteiger partial charge in [0.15, 0.2) is 0 Å². The molecule has 0 radical (unpaired) electrons. The van der Waals surface area contributed by atoms with Crippen molar-refractivity contribution < 1.29 is 4.74 Å². The molecule has 104 valence electrons. The first kappa shape index (κ1) is 14.2. The zero-order valence-corrected chi connectivity index (χ0v) is 12.3. The fourth-order valence-electron chi connectivity index (χ4n) is 1.74. The van der Waals surface area contributed by atoms with Crippen molar-refractivity contribution in [2.75, 3.05) is 20.3 Å². The second-order valence-electron chi connectivity index (χ2n) is 4.70. The molecule has 0 saturated carbocycles. The predicted octanol–water partition coefficient (Wildman–Crippen LogP) is 1.84. The molecule has 0 atom stereocenters. The fraction of sp³-hybridized carbons (Fsp3) is 0.538. The first-order valence-corrected chi connectivity index (χ1v) is 7.15. The van der Waals surface area contributed by atoms with E-state index in [0.717, 1.165) is 11.4 Å². The number of thiophene rings is 1. The Balaban J connectivity index is 2.20. The zero-order chi connectivity index (χ0) is 13.8. The highest BCUT2D eigenvalue weighted by Crippen LogP contribution is 2.27. The fourth-order valence-corrected chi connectivity index (χ4v) is 2.80. The van der Waals surface area contributed by atoms with E-state index in [4.69, 9.17) is 4.74 Å². The normalized spacial score (nSPS) is 11.6. The summed E-state index contributed by atoms with van der Waals surface area (Å²) in [5.41, 5.74) is -0.0586. The average Bonchev–Trinajstić information content (AvgIpc) is 2.79. The number of ether oxygens (including phenoxy) is 1. The molecular formula is C13H19N3O2S. The lowest BCUT2D eigenvalue weighted by Gasteiger charge is -2.03. The monoisotopic (exact) mass is 281 g/mol. The molecular weight excluding hydrogens is 262 g/mol. The van der Waals surface area contributed by atoms with Gasteiger partial charge in [0.2, 0.25) is 0 Å². The molecule has 0 aliphatic rings. The van der Waals surface area contributed by atoms with Gasteiger partial charge in [-0.25, -0.2) is 4.98 Å². The van der Waals surface area contributed by atoms with Gasteiger partial charge >= 0.3 is 0 Å². The Bertz CT molecular complexity index is 603. The number of hydrogen-bond donors (Lipinski definition) is 2. The summed E-state index contributed by atoms with van der Waals surface area (Å²) in [5, 5.41) is 3.86. The van der Waals surface area contributed by atoms with Crippen LogP contribution in [0.15, 0.2) is 10.9 Å².